The third-order valence-electron chi connectivity index (χ3n) is 4.31. The average molecular weight is 403 g/mol. The summed E-state index contributed by atoms with van der Waals surface area (Å²) in [5, 5.41) is 3.17. The summed E-state index contributed by atoms with van der Waals surface area (Å²) in [6.07, 6.45) is 2.21. The van der Waals surface area contributed by atoms with Crippen molar-refractivity contribution in [2.24, 2.45) is 16.1 Å². The first kappa shape index (κ1) is 18.2. The first-order valence-electron chi connectivity index (χ1n) is 7.19. The molecule has 1 aliphatic rings. The molecule has 0 saturated heterocycles. The number of hydrogen-bond acceptors (Lipinski definition) is 2. The Bertz CT molecular complexity index is 502. The van der Waals surface area contributed by atoms with Crippen LogP contribution in [0.3, 0.4) is 0 Å². The highest BCUT2D eigenvalue weighted by atomic mass is 127. The maximum absolute atomic E-state index is 6.01. The maximum Gasteiger partial charge on any atom is 0.193 e. The van der Waals surface area contributed by atoms with Gasteiger partial charge < -0.3 is 15.8 Å². The van der Waals surface area contributed by atoms with Gasteiger partial charge in [-0.2, -0.15) is 0 Å². The van der Waals surface area contributed by atoms with Crippen LogP contribution >= 0.6 is 24.0 Å². The lowest BCUT2D eigenvalue weighted by Gasteiger charge is -2.48. The van der Waals surface area contributed by atoms with Crippen LogP contribution in [0.25, 0.3) is 0 Å². The molecule has 0 spiro atoms. The number of rotatable bonds is 4. The largest absolute Gasteiger partial charge is 0.381 e. The standard InChI is InChI=1S/C16H25N3O.HI/c1-5-11-7-6-8-12(9-11)18-15(17)19-13-10-14(20-4)16(13,2)3;/h6-9,13-14H,5,10H2,1-4H3,(H3,17,18,19);1H. The summed E-state index contributed by atoms with van der Waals surface area (Å²) in [5.74, 6) is 0.478. The molecule has 0 radical (unpaired) electrons. The number of nitrogens with one attached hydrogen (secondary N) is 1. The van der Waals surface area contributed by atoms with E-state index in [0.29, 0.717) is 5.96 Å². The zero-order valence-corrected chi connectivity index (χ0v) is 15.5. The van der Waals surface area contributed by atoms with Crippen molar-refractivity contribution < 1.29 is 4.74 Å². The lowest BCUT2D eigenvalue weighted by atomic mass is 9.65. The zero-order chi connectivity index (χ0) is 14.8. The van der Waals surface area contributed by atoms with Gasteiger partial charge in [-0.15, -0.1) is 24.0 Å². The van der Waals surface area contributed by atoms with Crippen molar-refractivity contribution in [2.45, 2.75) is 45.8 Å². The van der Waals surface area contributed by atoms with Crippen LogP contribution in [0.5, 0.6) is 0 Å². The summed E-state index contributed by atoms with van der Waals surface area (Å²) in [7, 11) is 1.75. The molecule has 0 amide bonds. The minimum atomic E-state index is 0. The Morgan fingerprint density at radius 2 is 2.19 bits per heavy atom. The van der Waals surface area contributed by atoms with E-state index in [-0.39, 0.29) is 41.5 Å². The van der Waals surface area contributed by atoms with Gasteiger partial charge in [0.25, 0.3) is 0 Å². The van der Waals surface area contributed by atoms with Gasteiger partial charge >= 0.3 is 0 Å². The van der Waals surface area contributed by atoms with Gasteiger partial charge in [-0.1, -0.05) is 32.9 Å². The fraction of sp³-hybridized carbons (Fsp3) is 0.562. The highest BCUT2D eigenvalue weighted by molar-refractivity contribution is 14.0. The van der Waals surface area contributed by atoms with Gasteiger partial charge in [0.15, 0.2) is 5.96 Å². The molecular weight excluding hydrogens is 377 g/mol. The minimum Gasteiger partial charge on any atom is -0.381 e. The van der Waals surface area contributed by atoms with Gasteiger partial charge in [-0.25, -0.2) is 4.99 Å². The van der Waals surface area contributed by atoms with E-state index in [2.05, 4.69) is 43.2 Å². The van der Waals surface area contributed by atoms with Crippen molar-refractivity contribution in [3.63, 3.8) is 0 Å². The molecule has 1 aliphatic carbocycles. The zero-order valence-electron chi connectivity index (χ0n) is 13.2. The second-order valence-corrected chi connectivity index (χ2v) is 5.99. The van der Waals surface area contributed by atoms with E-state index >= 15 is 0 Å². The molecule has 2 atom stereocenters. The van der Waals surface area contributed by atoms with Gasteiger partial charge in [0.1, 0.15) is 0 Å². The molecule has 2 rings (SSSR count). The molecular formula is C16H26IN3O. The van der Waals surface area contributed by atoms with E-state index < -0.39 is 0 Å². The molecule has 4 nitrogen and oxygen atoms in total. The number of aryl methyl sites for hydroxylation is 1. The molecule has 1 aromatic carbocycles. The van der Waals surface area contributed by atoms with E-state index in [1.54, 1.807) is 7.11 Å². The van der Waals surface area contributed by atoms with Gasteiger partial charge in [-0.3, -0.25) is 0 Å². The van der Waals surface area contributed by atoms with Crippen LogP contribution in [0.4, 0.5) is 5.69 Å². The van der Waals surface area contributed by atoms with Gasteiger partial charge in [0.05, 0.1) is 12.1 Å². The molecule has 21 heavy (non-hydrogen) atoms. The monoisotopic (exact) mass is 403 g/mol. The van der Waals surface area contributed by atoms with Crippen molar-refractivity contribution in [1.82, 2.24) is 0 Å². The molecule has 2 unspecified atom stereocenters. The molecule has 118 valence electrons. The van der Waals surface area contributed by atoms with Crippen molar-refractivity contribution in [3.8, 4) is 0 Å². The number of anilines is 1. The molecule has 3 N–H and O–H groups in total. The van der Waals surface area contributed by atoms with Crippen molar-refractivity contribution in [2.75, 3.05) is 12.4 Å². The number of nitrogens with two attached hydrogens (primary N) is 1. The first-order valence-corrected chi connectivity index (χ1v) is 7.19. The van der Waals surface area contributed by atoms with Crippen molar-refractivity contribution >= 4 is 35.6 Å². The van der Waals surface area contributed by atoms with Crippen LogP contribution in [-0.4, -0.2) is 25.2 Å². The van der Waals surface area contributed by atoms with E-state index in [4.69, 9.17) is 10.5 Å². The normalized spacial score (nSPS) is 23.9. The summed E-state index contributed by atoms with van der Waals surface area (Å²) >= 11 is 0. The molecule has 0 bridgehead atoms. The fourth-order valence-electron chi connectivity index (χ4n) is 2.70. The first-order chi connectivity index (χ1) is 9.47. The lowest BCUT2D eigenvalue weighted by Crippen LogP contribution is -2.54. The SMILES string of the molecule is CCc1cccc(NC(N)=NC2CC(OC)C2(C)C)c1.I. The summed E-state index contributed by atoms with van der Waals surface area (Å²) in [6.45, 7) is 6.48. The maximum atomic E-state index is 6.01. The number of aliphatic imine (C=N–C) groups is 1. The summed E-state index contributed by atoms with van der Waals surface area (Å²) in [5.41, 5.74) is 8.34. The lowest BCUT2D eigenvalue weighted by molar-refractivity contribution is -0.0850. The second-order valence-electron chi connectivity index (χ2n) is 5.99. The van der Waals surface area contributed by atoms with Crippen molar-refractivity contribution in [1.29, 1.82) is 0 Å². The number of nitrogens with zero attached hydrogens (tertiary/aromatic N) is 1. The third-order valence-corrected chi connectivity index (χ3v) is 4.31. The van der Waals surface area contributed by atoms with Crippen LogP contribution in [0.15, 0.2) is 29.3 Å². The Morgan fingerprint density at radius 1 is 1.48 bits per heavy atom. The molecule has 1 aromatic rings. The Balaban J connectivity index is 0.00000220. The summed E-state index contributed by atoms with van der Waals surface area (Å²) in [4.78, 5) is 4.59. The number of methoxy groups -OCH3 is 1. The van der Waals surface area contributed by atoms with Crippen LogP contribution in [-0.2, 0) is 11.2 Å². The third kappa shape index (κ3) is 4.10. The van der Waals surface area contributed by atoms with Crippen LogP contribution < -0.4 is 11.1 Å². The van der Waals surface area contributed by atoms with Crippen LogP contribution in [0, 0.1) is 5.41 Å². The number of hydrogen-bond donors (Lipinski definition) is 2. The second kappa shape index (κ2) is 7.45. The van der Waals surface area contributed by atoms with E-state index in [1.165, 1.54) is 5.56 Å². The predicted octanol–water partition coefficient (Wildman–Crippen LogP) is 3.41. The Labute approximate surface area is 144 Å². The van der Waals surface area contributed by atoms with E-state index in [0.717, 1.165) is 18.5 Å². The summed E-state index contributed by atoms with van der Waals surface area (Å²) < 4.78 is 5.43. The van der Waals surface area contributed by atoms with Crippen LogP contribution in [0.2, 0.25) is 0 Å². The van der Waals surface area contributed by atoms with Crippen molar-refractivity contribution in [3.05, 3.63) is 29.8 Å². The number of halogens is 1. The van der Waals surface area contributed by atoms with Gasteiger partial charge in [-0.05, 0) is 30.5 Å². The summed E-state index contributed by atoms with van der Waals surface area (Å²) in [6, 6.07) is 8.46. The number of ether oxygens (including phenoxy) is 1. The quantitative estimate of drug-likeness (QED) is 0.460. The van der Waals surface area contributed by atoms with Gasteiger partial charge in [0, 0.05) is 18.2 Å². The Kier molecular flexibility index (Phi) is 6.46. The molecule has 0 heterocycles. The highest BCUT2D eigenvalue weighted by Crippen LogP contribution is 2.44. The average Bonchev–Trinajstić information content (AvgIpc) is 2.43. The smallest absolute Gasteiger partial charge is 0.193 e. The molecule has 0 aromatic heterocycles. The Hall–Kier alpha value is -0.820. The molecule has 1 fully saturated rings. The number of guanidine groups is 1. The number of benzene rings is 1. The minimum absolute atomic E-state index is 0. The molecule has 5 heteroatoms. The van der Waals surface area contributed by atoms with E-state index in [1.807, 2.05) is 12.1 Å². The van der Waals surface area contributed by atoms with Gasteiger partial charge in [0.2, 0.25) is 0 Å². The topological polar surface area (TPSA) is 59.6 Å². The molecule has 0 aliphatic heterocycles. The Morgan fingerprint density at radius 3 is 2.76 bits per heavy atom. The highest BCUT2D eigenvalue weighted by Gasteiger charge is 2.48. The van der Waals surface area contributed by atoms with E-state index in [9.17, 15) is 0 Å². The fourth-order valence-corrected chi connectivity index (χ4v) is 2.70. The predicted molar refractivity (Wildman–Crippen MR) is 99.5 cm³/mol. The van der Waals surface area contributed by atoms with Crippen LogP contribution in [0.1, 0.15) is 32.8 Å². The molecule has 1 saturated carbocycles.